The number of carbonyl (C=O) groups excluding carboxylic acids is 1. The third kappa shape index (κ3) is 3.83. The Bertz CT molecular complexity index is 1160. The first kappa shape index (κ1) is 19.5. The summed E-state index contributed by atoms with van der Waals surface area (Å²) in [6, 6.07) is 13.6. The monoisotopic (exact) mass is 418 g/mol. The zero-order chi connectivity index (χ0) is 21.4. The fraction of sp³-hybridized carbons (Fsp3) is 0.292. The van der Waals surface area contributed by atoms with E-state index in [4.69, 9.17) is 0 Å². The number of nitrogens with one attached hydrogen (secondary N) is 1. The van der Waals surface area contributed by atoms with Gasteiger partial charge in [0.2, 0.25) is 0 Å². The van der Waals surface area contributed by atoms with Crippen molar-refractivity contribution in [3.05, 3.63) is 93.9 Å². The second-order valence-corrected chi connectivity index (χ2v) is 8.32. The molecule has 2 aliphatic heterocycles. The van der Waals surface area contributed by atoms with Crippen molar-refractivity contribution >= 4 is 11.6 Å². The van der Waals surface area contributed by atoms with Crippen molar-refractivity contribution in [1.82, 2.24) is 14.5 Å². The van der Waals surface area contributed by atoms with Crippen molar-refractivity contribution < 1.29 is 9.18 Å². The number of benzene rings is 1. The Morgan fingerprint density at radius 1 is 1.10 bits per heavy atom. The van der Waals surface area contributed by atoms with Crippen molar-refractivity contribution in [2.24, 2.45) is 5.92 Å². The van der Waals surface area contributed by atoms with Gasteiger partial charge < -0.3 is 14.8 Å². The van der Waals surface area contributed by atoms with Crippen molar-refractivity contribution in [3.63, 3.8) is 0 Å². The number of rotatable bonds is 4. The molecule has 1 fully saturated rings. The minimum absolute atomic E-state index is 0.00354. The molecule has 0 unspecified atom stereocenters. The van der Waals surface area contributed by atoms with Crippen LogP contribution in [0.15, 0.2) is 65.7 Å². The summed E-state index contributed by atoms with van der Waals surface area (Å²) in [5.74, 6) is 0.111. The summed E-state index contributed by atoms with van der Waals surface area (Å²) in [6.07, 6.45) is 4.24. The van der Waals surface area contributed by atoms with Crippen LogP contribution in [-0.4, -0.2) is 33.4 Å². The smallest absolute Gasteiger partial charge is 0.274 e. The van der Waals surface area contributed by atoms with E-state index in [9.17, 15) is 14.0 Å². The molecule has 158 valence electrons. The maximum Gasteiger partial charge on any atom is 0.274 e. The summed E-state index contributed by atoms with van der Waals surface area (Å²) in [5.41, 5.74) is 2.99. The Morgan fingerprint density at radius 2 is 1.94 bits per heavy atom. The van der Waals surface area contributed by atoms with Crippen LogP contribution in [0.5, 0.6) is 0 Å². The molecule has 6 nitrogen and oxygen atoms in total. The van der Waals surface area contributed by atoms with Gasteiger partial charge in [-0.05, 0) is 54.3 Å². The Balaban J connectivity index is 1.34. The predicted octanol–water partition coefficient (Wildman–Crippen LogP) is 3.25. The van der Waals surface area contributed by atoms with Crippen LogP contribution in [0.25, 0.3) is 0 Å². The Kier molecular flexibility index (Phi) is 5.02. The van der Waals surface area contributed by atoms with Gasteiger partial charge in [-0.3, -0.25) is 14.6 Å². The topological polar surface area (TPSA) is 67.2 Å². The van der Waals surface area contributed by atoms with Gasteiger partial charge in [0.25, 0.3) is 11.5 Å². The molecule has 3 aromatic rings. The highest BCUT2D eigenvalue weighted by molar-refractivity contribution is 5.94. The zero-order valence-corrected chi connectivity index (χ0v) is 17.0. The van der Waals surface area contributed by atoms with E-state index in [0.29, 0.717) is 37.4 Å². The van der Waals surface area contributed by atoms with Gasteiger partial charge in [-0.2, -0.15) is 0 Å². The standard InChI is InChI=1S/C24H23FN4O2/c25-20-5-3-16(4-6-20)11-27-21-7-8-22-19-10-17(14-29(22)24(21)31)13-28(15-19)23(30)18-2-1-9-26-12-18/h1-9,12,17,19,27H,10-11,13-15H2/t17-,19+/m0/s1. The van der Waals surface area contributed by atoms with Crippen LogP contribution >= 0.6 is 0 Å². The highest BCUT2D eigenvalue weighted by atomic mass is 19.1. The zero-order valence-electron chi connectivity index (χ0n) is 17.0. The van der Waals surface area contributed by atoms with Crippen LogP contribution in [0.4, 0.5) is 10.1 Å². The van der Waals surface area contributed by atoms with E-state index >= 15 is 0 Å². The minimum Gasteiger partial charge on any atom is -0.377 e. The van der Waals surface area contributed by atoms with Gasteiger partial charge in [-0.1, -0.05) is 12.1 Å². The van der Waals surface area contributed by atoms with Crippen LogP contribution in [0.1, 0.15) is 34.0 Å². The molecule has 0 saturated carbocycles. The van der Waals surface area contributed by atoms with Crippen LogP contribution in [0.2, 0.25) is 0 Å². The van der Waals surface area contributed by atoms with E-state index in [2.05, 4.69) is 10.3 Å². The Hall–Kier alpha value is -3.48. The summed E-state index contributed by atoms with van der Waals surface area (Å²) in [5, 5.41) is 3.19. The number of nitrogens with zero attached hydrogens (tertiary/aromatic N) is 3. The van der Waals surface area contributed by atoms with Crippen molar-refractivity contribution in [1.29, 1.82) is 0 Å². The van der Waals surface area contributed by atoms with Crippen LogP contribution in [0.3, 0.4) is 0 Å². The molecule has 2 aliphatic rings. The average Bonchev–Trinajstić information content (AvgIpc) is 2.80. The first-order valence-corrected chi connectivity index (χ1v) is 10.5. The number of pyridine rings is 2. The molecule has 2 aromatic heterocycles. The van der Waals surface area contributed by atoms with Gasteiger partial charge in [-0.25, -0.2) is 4.39 Å². The number of halogens is 1. The number of hydrogen-bond acceptors (Lipinski definition) is 4. The normalized spacial score (nSPS) is 19.6. The molecule has 2 bridgehead atoms. The number of piperidine rings is 1. The highest BCUT2D eigenvalue weighted by Crippen LogP contribution is 2.36. The first-order valence-electron chi connectivity index (χ1n) is 10.5. The lowest BCUT2D eigenvalue weighted by Crippen LogP contribution is -2.49. The molecule has 1 saturated heterocycles. The lowest BCUT2D eigenvalue weighted by molar-refractivity contribution is 0.0594. The number of amides is 1. The first-order chi connectivity index (χ1) is 15.1. The van der Waals surface area contributed by atoms with Crippen LogP contribution in [-0.2, 0) is 13.1 Å². The Morgan fingerprint density at radius 3 is 2.71 bits per heavy atom. The van der Waals surface area contributed by atoms with Crippen LogP contribution in [0, 0.1) is 11.7 Å². The summed E-state index contributed by atoms with van der Waals surface area (Å²) in [6.45, 7) is 2.30. The largest absolute Gasteiger partial charge is 0.377 e. The lowest BCUT2D eigenvalue weighted by Gasteiger charge is -2.42. The van der Waals surface area contributed by atoms with Gasteiger partial charge >= 0.3 is 0 Å². The van der Waals surface area contributed by atoms with Crippen molar-refractivity contribution in [2.45, 2.75) is 25.4 Å². The SMILES string of the molecule is O=C(c1cccnc1)N1C[C@@H]2C[C@H](C1)c1ccc(NCc3ccc(F)cc3)c(=O)n1C2. The molecule has 1 amide bonds. The Labute approximate surface area is 179 Å². The summed E-state index contributed by atoms with van der Waals surface area (Å²) < 4.78 is 14.9. The van der Waals surface area contributed by atoms with Crippen molar-refractivity contribution in [3.8, 4) is 0 Å². The molecule has 5 rings (SSSR count). The number of hydrogen-bond donors (Lipinski definition) is 1. The number of anilines is 1. The second kappa shape index (κ2) is 7.98. The predicted molar refractivity (Wildman–Crippen MR) is 115 cm³/mol. The molecular weight excluding hydrogens is 395 g/mol. The maximum atomic E-state index is 13.1. The third-order valence-corrected chi connectivity index (χ3v) is 6.20. The molecule has 7 heteroatoms. The van der Waals surface area contributed by atoms with Gasteiger partial charge in [0.15, 0.2) is 0 Å². The fourth-order valence-corrected chi connectivity index (χ4v) is 4.72. The maximum absolute atomic E-state index is 13.1. The molecule has 2 atom stereocenters. The minimum atomic E-state index is -0.278. The fourth-order valence-electron chi connectivity index (χ4n) is 4.72. The van der Waals surface area contributed by atoms with Gasteiger partial charge in [0.1, 0.15) is 11.5 Å². The molecule has 1 aromatic carbocycles. The lowest BCUT2D eigenvalue weighted by atomic mass is 9.83. The number of aromatic nitrogens is 2. The van der Waals surface area contributed by atoms with E-state index in [1.807, 2.05) is 21.6 Å². The molecule has 0 radical (unpaired) electrons. The quantitative estimate of drug-likeness (QED) is 0.706. The van der Waals surface area contributed by atoms with Gasteiger partial charge in [-0.15, -0.1) is 0 Å². The van der Waals surface area contributed by atoms with E-state index in [1.165, 1.54) is 12.1 Å². The highest BCUT2D eigenvalue weighted by Gasteiger charge is 2.36. The molecule has 4 heterocycles. The number of likely N-dealkylation sites (tertiary alicyclic amines) is 1. The number of carbonyl (C=O) groups is 1. The molecule has 0 spiro atoms. The van der Waals surface area contributed by atoms with Crippen molar-refractivity contribution in [2.75, 3.05) is 18.4 Å². The molecule has 31 heavy (non-hydrogen) atoms. The summed E-state index contributed by atoms with van der Waals surface area (Å²) >= 11 is 0. The van der Waals surface area contributed by atoms with E-state index in [-0.39, 0.29) is 29.1 Å². The molecular formula is C24H23FN4O2. The average molecular weight is 418 g/mol. The van der Waals surface area contributed by atoms with E-state index in [0.717, 1.165) is 17.7 Å². The van der Waals surface area contributed by atoms with Gasteiger partial charge in [0, 0.05) is 50.2 Å². The van der Waals surface area contributed by atoms with Gasteiger partial charge in [0.05, 0.1) is 5.56 Å². The number of fused-ring (bicyclic) bond motifs is 4. The van der Waals surface area contributed by atoms with E-state index in [1.54, 1.807) is 36.7 Å². The van der Waals surface area contributed by atoms with Crippen LogP contribution < -0.4 is 10.9 Å². The second-order valence-electron chi connectivity index (χ2n) is 8.32. The molecule has 1 N–H and O–H groups in total. The third-order valence-electron chi connectivity index (χ3n) is 6.20. The summed E-state index contributed by atoms with van der Waals surface area (Å²) in [4.78, 5) is 31.9. The van der Waals surface area contributed by atoms with E-state index < -0.39 is 0 Å². The molecule has 0 aliphatic carbocycles. The summed E-state index contributed by atoms with van der Waals surface area (Å²) in [7, 11) is 0.